The number of aldehydes is 1. The maximum Gasteiger partial charge on any atom is 0.173 e. The zero-order chi connectivity index (χ0) is 9.14. The fraction of sp³-hybridized carbons (Fsp3) is 0.500. The Kier molecular flexibility index (Phi) is 2.87. The van der Waals surface area contributed by atoms with Crippen molar-refractivity contribution in [1.82, 2.24) is 5.16 Å². The molecule has 0 spiro atoms. The summed E-state index contributed by atoms with van der Waals surface area (Å²) in [5.74, 6) is 1.03. The van der Waals surface area contributed by atoms with Gasteiger partial charge in [-0.15, -0.1) is 0 Å². The second kappa shape index (κ2) is 3.72. The molecule has 0 fully saturated rings. The van der Waals surface area contributed by atoms with Crippen molar-refractivity contribution in [3.63, 3.8) is 0 Å². The summed E-state index contributed by atoms with van der Waals surface area (Å²) in [7, 11) is 0. The average Bonchev–Trinajstić information content (AvgIpc) is 2.32. The van der Waals surface area contributed by atoms with Gasteiger partial charge in [-0.1, -0.05) is 30.6 Å². The fourth-order valence-corrected chi connectivity index (χ4v) is 1.09. The van der Waals surface area contributed by atoms with Crippen LogP contribution in [0.4, 0.5) is 0 Å². The molecule has 4 heteroatoms. The van der Waals surface area contributed by atoms with Crippen LogP contribution in [0.3, 0.4) is 0 Å². The minimum Gasteiger partial charge on any atom is -0.359 e. The Morgan fingerprint density at radius 3 is 2.75 bits per heavy atom. The number of rotatable bonds is 3. The summed E-state index contributed by atoms with van der Waals surface area (Å²) in [6, 6.07) is 0. The Bertz CT molecular complexity index is 281. The van der Waals surface area contributed by atoms with E-state index in [1.54, 1.807) is 0 Å². The van der Waals surface area contributed by atoms with Gasteiger partial charge in [-0.25, -0.2) is 0 Å². The molecule has 1 heterocycles. The van der Waals surface area contributed by atoms with E-state index in [0.29, 0.717) is 29.4 Å². The third kappa shape index (κ3) is 1.85. The molecule has 0 aliphatic carbocycles. The van der Waals surface area contributed by atoms with E-state index < -0.39 is 0 Å². The highest BCUT2D eigenvalue weighted by Gasteiger charge is 2.13. The molecule has 0 aliphatic heterocycles. The molecule has 0 unspecified atom stereocenters. The van der Waals surface area contributed by atoms with Gasteiger partial charge in [0, 0.05) is 6.42 Å². The standard InChI is InChI=1S/C8H10ClNO2/c1-5(2)3-7-8(9)6(4-11)10-12-7/h4-5H,3H2,1-2H3. The average molecular weight is 188 g/mol. The summed E-state index contributed by atoms with van der Waals surface area (Å²) in [6.45, 7) is 4.08. The number of halogens is 1. The van der Waals surface area contributed by atoms with Crippen LogP contribution in [-0.4, -0.2) is 11.4 Å². The second-order valence-corrected chi connectivity index (χ2v) is 3.40. The molecule has 3 nitrogen and oxygen atoms in total. The van der Waals surface area contributed by atoms with Crippen LogP contribution in [-0.2, 0) is 6.42 Å². The first-order chi connectivity index (χ1) is 5.65. The Labute approximate surface area is 75.7 Å². The van der Waals surface area contributed by atoms with Gasteiger partial charge in [0.2, 0.25) is 0 Å². The molecule has 1 rings (SSSR count). The van der Waals surface area contributed by atoms with Crippen LogP contribution in [0.1, 0.15) is 30.1 Å². The lowest BCUT2D eigenvalue weighted by atomic mass is 10.1. The summed E-state index contributed by atoms with van der Waals surface area (Å²) in [6.07, 6.45) is 1.30. The van der Waals surface area contributed by atoms with Crippen molar-refractivity contribution in [2.75, 3.05) is 0 Å². The number of hydrogen-bond donors (Lipinski definition) is 0. The Balaban J connectivity index is 2.86. The number of hydrogen-bond acceptors (Lipinski definition) is 3. The highest BCUT2D eigenvalue weighted by Crippen LogP contribution is 2.21. The monoisotopic (exact) mass is 187 g/mol. The second-order valence-electron chi connectivity index (χ2n) is 3.02. The maximum absolute atomic E-state index is 10.3. The highest BCUT2D eigenvalue weighted by atomic mass is 35.5. The predicted molar refractivity (Wildman–Crippen MR) is 45.4 cm³/mol. The van der Waals surface area contributed by atoms with E-state index in [9.17, 15) is 4.79 Å². The minimum absolute atomic E-state index is 0.187. The van der Waals surface area contributed by atoms with Crippen LogP contribution in [0, 0.1) is 5.92 Å². The van der Waals surface area contributed by atoms with Crippen molar-refractivity contribution < 1.29 is 9.32 Å². The molecule has 0 atom stereocenters. The molecule has 1 aromatic rings. The molecule has 0 bridgehead atoms. The van der Waals surface area contributed by atoms with Crippen LogP contribution < -0.4 is 0 Å². The molecule has 0 saturated heterocycles. The molecule has 0 aromatic carbocycles. The van der Waals surface area contributed by atoms with Gasteiger partial charge in [0.1, 0.15) is 5.02 Å². The topological polar surface area (TPSA) is 43.1 Å². The zero-order valence-corrected chi connectivity index (χ0v) is 7.76. The summed E-state index contributed by atoms with van der Waals surface area (Å²) >= 11 is 5.78. The van der Waals surface area contributed by atoms with Gasteiger partial charge in [-0.2, -0.15) is 0 Å². The highest BCUT2D eigenvalue weighted by molar-refractivity contribution is 6.33. The summed E-state index contributed by atoms with van der Waals surface area (Å²) in [4.78, 5) is 10.3. The summed E-state index contributed by atoms with van der Waals surface area (Å²) < 4.78 is 4.88. The third-order valence-corrected chi connectivity index (χ3v) is 1.83. The van der Waals surface area contributed by atoms with Gasteiger partial charge >= 0.3 is 0 Å². The van der Waals surface area contributed by atoms with Gasteiger partial charge in [0.25, 0.3) is 0 Å². The smallest absolute Gasteiger partial charge is 0.173 e. The molecule has 0 N–H and O–H groups in total. The first-order valence-corrected chi connectivity index (χ1v) is 4.12. The van der Waals surface area contributed by atoms with Crippen LogP contribution in [0.5, 0.6) is 0 Å². The molecule has 0 amide bonds. The number of carbonyl (C=O) groups excluding carboxylic acids is 1. The fourth-order valence-electron chi connectivity index (χ4n) is 0.898. The first-order valence-electron chi connectivity index (χ1n) is 3.74. The van der Waals surface area contributed by atoms with E-state index in [2.05, 4.69) is 5.16 Å². The van der Waals surface area contributed by atoms with Gasteiger partial charge in [0.15, 0.2) is 17.7 Å². The lowest BCUT2D eigenvalue weighted by Crippen LogP contribution is -1.92. The van der Waals surface area contributed by atoms with Gasteiger partial charge < -0.3 is 4.52 Å². The molecule has 66 valence electrons. The van der Waals surface area contributed by atoms with Gasteiger partial charge in [-0.05, 0) is 5.92 Å². The van der Waals surface area contributed by atoms with E-state index in [0.717, 1.165) is 0 Å². The quantitative estimate of drug-likeness (QED) is 0.683. The SMILES string of the molecule is CC(C)Cc1onc(C=O)c1Cl. The van der Waals surface area contributed by atoms with Crippen molar-refractivity contribution in [2.24, 2.45) is 5.92 Å². The van der Waals surface area contributed by atoms with Crippen molar-refractivity contribution in [2.45, 2.75) is 20.3 Å². The van der Waals surface area contributed by atoms with Crippen LogP contribution in [0.2, 0.25) is 5.02 Å². The first kappa shape index (κ1) is 9.26. The molecular formula is C8H10ClNO2. The Morgan fingerprint density at radius 1 is 1.67 bits per heavy atom. The lowest BCUT2D eigenvalue weighted by molar-refractivity contribution is 0.111. The van der Waals surface area contributed by atoms with Crippen molar-refractivity contribution in [3.8, 4) is 0 Å². The molecule has 0 aliphatic rings. The normalized spacial score (nSPS) is 10.7. The minimum atomic E-state index is 0.187. The van der Waals surface area contributed by atoms with Crippen molar-refractivity contribution >= 4 is 17.9 Å². The summed E-state index contributed by atoms with van der Waals surface area (Å²) in [5.41, 5.74) is 0.187. The van der Waals surface area contributed by atoms with Crippen molar-refractivity contribution in [1.29, 1.82) is 0 Å². The van der Waals surface area contributed by atoms with Crippen LogP contribution >= 0.6 is 11.6 Å². The van der Waals surface area contributed by atoms with Crippen molar-refractivity contribution in [3.05, 3.63) is 16.5 Å². The molecule has 0 saturated carbocycles. The third-order valence-electron chi connectivity index (χ3n) is 1.43. The molecule has 12 heavy (non-hydrogen) atoms. The van der Waals surface area contributed by atoms with E-state index in [1.807, 2.05) is 13.8 Å². The van der Waals surface area contributed by atoms with E-state index in [4.69, 9.17) is 16.1 Å². The Hall–Kier alpha value is -0.830. The van der Waals surface area contributed by atoms with E-state index in [-0.39, 0.29) is 5.69 Å². The summed E-state index contributed by atoms with van der Waals surface area (Å²) in [5, 5.41) is 3.86. The predicted octanol–water partition coefficient (Wildman–Crippen LogP) is 2.34. The zero-order valence-electron chi connectivity index (χ0n) is 7.00. The van der Waals surface area contributed by atoms with Crippen LogP contribution in [0.25, 0.3) is 0 Å². The molecule has 0 radical (unpaired) electrons. The van der Waals surface area contributed by atoms with Gasteiger partial charge in [0.05, 0.1) is 0 Å². The van der Waals surface area contributed by atoms with E-state index in [1.165, 1.54) is 0 Å². The molecule has 1 aromatic heterocycles. The number of aromatic nitrogens is 1. The van der Waals surface area contributed by atoms with Crippen LogP contribution in [0.15, 0.2) is 4.52 Å². The maximum atomic E-state index is 10.3. The van der Waals surface area contributed by atoms with Gasteiger partial charge in [-0.3, -0.25) is 4.79 Å². The Morgan fingerprint density at radius 2 is 2.33 bits per heavy atom. The number of carbonyl (C=O) groups is 1. The molecular weight excluding hydrogens is 178 g/mol. The number of nitrogens with zero attached hydrogens (tertiary/aromatic N) is 1. The largest absolute Gasteiger partial charge is 0.359 e. The van der Waals surface area contributed by atoms with E-state index >= 15 is 0 Å². The lowest BCUT2D eigenvalue weighted by Gasteiger charge is -1.98.